The van der Waals surface area contributed by atoms with E-state index in [9.17, 15) is 16.8 Å². The molecule has 1 fully saturated rings. The van der Waals surface area contributed by atoms with Crippen molar-refractivity contribution in [2.75, 3.05) is 26.2 Å². The van der Waals surface area contributed by atoms with Crippen LogP contribution in [0.1, 0.15) is 6.42 Å². The van der Waals surface area contributed by atoms with E-state index < -0.39 is 20.0 Å². The second-order valence-corrected chi connectivity index (χ2v) is 12.1. The summed E-state index contributed by atoms with van der Waals surface area (Å²) in [6.45, 7) is 0.764. The maximum Gasteiger partial charge on any atom is 0.262 e. The molecule has 0 N–H and O–H groups in total. The molecule has 0 saturated carbocycles. The molecule has 0 aromatic carbocycles. The Bertz CT molecular complexity index is 889. The summed E-state index contributed by atoms with van der Waals surface area (Å²) < 4.78 is 56.0. The zero-order valence-corrected chi connectivity index (χ0v) is 17.4. The van der Waals surface area contributed by atoms with Crippen LogP contribution in [0.4, 0.5) is 0 Å². The third kappa shape index (κ3) is 3.83. The normalized spacial score (nSPS) is 18.3. The van der Waals surface area contributed by atoms with Gasteiger partial charge in [-0.2, -0.15) is 8.61 Å². The number of hydrogen-bond acceptors (Lipinski definition) is 6. The Balaban J connectivity index is 1.79. The van der Waals surface area contributed by atoms with E-state index in [4.69, 9.17) is 0 Å². The number of hydrogen-bond donors (Lipinski definition) is 0. The highest BCUT2D eigenvalue weighted by Gasteiger charge is 2.33. The number of nitrogens with zero attached hydrogens (tertiary/aromatic N) is 4. The highest BCUT2D eigenvalue weighted by atomic mass is 79.9. The largest absolute Gasteiger partial charge is 0.339 e. The predicted octanol–water partition coefficient (Wildman–Crippen LogP) is 1.33. The van der Waals surface area contributed by atoms with Crippen molar-refractivity contribution in [3.8, 4) is 0 Å². The summed E-state index contributed by atoms with van der Waals surface area (Å²) in [6, 6.07) is 3.24. The first-order valence-electron chi connectivity index (χ1n) is 7.45. The van der Waals surface area contributed by atoms with Gasteiger partial charge >= 0.3 is 0 Å². The average molecular weight is 469 g/mol. The maximum absolute atomic E-state index is 12.7. The number of sulfonamides is 2. The van der Waals surface area contributed by atoms with Gasteiger partial charge in [-0.3, -0.25) is 0 Å². The molecule has 12 heteroatoms. The van der Waals surface area contributed by atoms with E-state index >= 15 is 0 Å². The smallest absolute Gasteiger partial charge is 0.262 e. The fourth-order valence-corrected chi connectivity index (χ4v) is 7.64. The lowest BCUT2D eigenvalue weighted by atomic mass is 10.4. The molecule has 25 heavy (non-hydrogen) atoms. The molecule has 0 atom stereocenters. The summed E-state index contributed by atoms with van der Waals surface area (Å²) in [5, 5.41) is -0.0199. The lowest BCUT2D eigenvalue weighted by molar-refractivity contribution is 0.404. The van der Waals surface area contributed by atoms with Crippen molar-refractivity contribution in [1.29, 1.82) is 0 Å². The Labute approximate surface area is 159 Å². The second kappa shape index (κ2) is 7.08. The van der Waals surface area contributed by atoms with Crippen LogP contribution in [-0.4, -0.2) is 61.2 Å². The molecular formula is C13H17BrN4O4S3. The molecule has 2 aromatic rings. The first kappa shape index (κ1) is 19.0. The van der Waals surface area contributed by atoms with Crippen LogP contribution >= 0.6 is 27.3 Å². The summed E-state index contributed by atoms with van der Waals surface area (Å²) in [5.41, 5.74) is 0. The quantitative estimate of drug-likeness (QED) is 0.674. The molecule has 0 amide bonds. The number of rotatable bonds is 4. The maximum atomic E-state index is 12.7. The third-order valence-electron chi connectivity index (χ3n) is 3.84. The van der Waals surface area contributed by atoms with Gasteiger partial charge in [-0.05, 0) is 34.5 Å². The molecule has 0 unspecified atom stereocenters. The molecular weight excluding hydrogens is 452 g/mol. The van der Waals surface area contributed by atoms with E-state index in [0.717, 1.165) is 15.1 Å². The van der Waals surface area contributed by atoms with E-state index in [0.29, 0.717) is 6.42 Å². The molecule has 2 aromatic heterocycles. The minimum absolute atomic E-state index is 0.0199. The summed E-state index contributed by atoms with van der Waals surface area (Å²) in [5.74, 6) is 0. The van der Waals surface area contributed by atoms with Crippen molar-refractivity contribution in [1.82, 2.24) is 18.2 Å². The Morgan fingerprint density at radius 2 is 1.68 bits per heavy atom. The minimum atomic E-state index is -3.72. The van der Waals surface area contributed by atoms with Crippen molar-refractivity contribution < 1.29 is 16.8 Å². The molecule has 1 aliphatic heterocycles. The molecule has 1 aliphatic rings. The second-order valence-electron chi connectivity index (χ2n) is 5.60. The van der Waals surface area contributed by atoms with E-state index in [1.54, 1.807) is 23.7 Å². The summed E-state index contributed by atoms with van der Waals surface area (Å²) in [7, 11) is -5.64. The topological polar surface area (TPSA) is 92.6 Å². The van der Waals surface area contributed by atoms with E-state index in [1.807, 2.05) is 0 Å². The van der Waals surface area contributed by atoms with E-state index in [-0.39, 0.29) is 35.4 Å². The first-order valence-corrected chi connectivity index (χ1v) is 11.9. The van der Waals surface area contributed by atoms with Crippen molar-refractivity contribution in [2.45, 2.75) is 15.7 Å². The lowest BCUT2D eigenvalue weighted by Gasteiger charge is -2.20. The van der Waals surface area contributed by atoms with E-state index in [1.165, 1.54) is 21.1 Å². The Morgan fingerprint density at radius 3 is 2.20 bits per heavy atom. The van der Waals surface area contributed by atoms with Gasteiger partial charge in [0, 0.05) is 39.4 Å². The van der Waals surface area contributed by atoms with Crippen LogP contribution in [0.3, 0.4) is 0 Å². The molecule has 0 aliphatic carbocycles. The first-order chi connectivity index (χ1) is 11.7. The summed E-state index contributed by atoms with van der Waals surface area (Å²) in [6.07, 6.45) is 3.30. The van der Waals surface area contributed by atoms with Gasteiger partial charge in [0.1, 0.15) is 4.21 Å². The standard InChI is InChI=1S/C13H17BrN4O4S3/c1-16-9-12(15-10-16)24(19,20)17-5-2-6-18(8-7-17)25(21,22)13-4-3-11(14)23-13/h3-4,9-10H,2,5-8H2,1H3. The van der Waals surface area contributed by atoms with Gasteiger partial charge in [-0.25, -0.2) is 21.8 Å². The van der Waals surface area contributed by atoms with Crippen LogP contribution in [0.5, 0.6) is 0 Å². The molecule has 3 rings (SSSR count). The third-order valence-corrected chi connectivity index (χ3v) is 9.62. The van der Waals surface area contributed by atoms with Crippen LogP contribution in [0.2, 0.25) is 0 Å². The SMILES string of the molecule is Cn1cnc(S(=O)(=O)N2CCCN(S(=O)(=O)c3ccc(Br)s3)CC2)c1. The van der Waals surface area contributed by atoms with Crippen molar-refractivity contribution in [3.63, 3.8) is 0 Å². The lowest BCUT2D eigenvalue weighted by Crippen LogP contribution is -2.37. The number of imidazole rings is 1. The van der Waals surface area contributed by atoms with Crippen LogP contribution in [0, 0.1) is 0 Å². The molecule has 0 radical (unpaired) electrons. The van der Waals surface area contributed by atoms with Crippen LogP contribution < -0.4 is 0 Å². The molecule has 8 nitrogen and oxygen atoms in total. The molecule has 3 heterocycles. The monoisotopic (exact) mass is 468 g/mol. The van der Waals surface area contributed by atoms with Crippen LogP contribution in [-0.2, 0) is 27.1 Å². The predicted molar refractivity (Wildman–Crippen MR) is 97.4 cm³/mol. The number of aromatic nitrogens is 2. The van der Waals surface area contributed by atoms with Gasteiger partial charge in [-0.1, -0.05) is 0 Å². The van der Waals surface area contributed by atoms with Gasteiger partial charge in [-0.15, -0.1) is 11.3 Å². The zero-order chi connectivity index (χ0) is 18.2. The van der Waals surface area contributed by atoms with Crippen LogP contribution in [0.15, 0.2) is 37.7 Å². The summed E-state index contributed by atoms with van der Waals surface area (Å²) >= 11 is 4.41. The van der Waals surface area contributed by atoms with Gasteiger partial charge in [0.2, 0.25) is 0 Å². The molecule has 1 saturated heterocycles. The molecule has 0 spiro atoms. The number of thiophene rings is 1. The highest BCUT2D eigenvalue weighted by Crippen LogP contribution is 2.29. The minimum Gasteiger partial charge on any atom is -0.339 e. The van der Waals surface area contributed by atoms with Crippen molar-refractivity contribution >= 4 is 47.3 Å². The van der Waals surface area contributed by atoms with Gasteiger partial charge in [0.15, 0.2) is 5.03 Å². The van der Waals surface area contributed by atoms with Crippen LogP contribution in [0.25, 0.3) is 0 Å². The average Bonchev–Trinajstić information content (AvgIpc) is 3.08. The van der Waals surface area contributed by atoms with Gasteiger partial charge in [0.05, 0.1) is 10.1 Å². The Morgan fingerprint density at radius 1 is 1.04 bits per heavy atom. The van der Waals surface area contributed by atoms with Gasteiger partial charge < -0.3 is 4.57 Å². The number of halogens is 1. The zero-order valence-electron chi connectivity index (χ0n) is 13.4. The fourth-order valence-electron chi connectivity index (χ4n) is 2.57. The fraction of sp³-hybridized carbons (Fsp3) is 0.462. The Hall–Kier alpha value is -0.790. The number of aryl methyl sites for hydroxylation is 1. The van der Waals surface area contributed by atoms with Gasteiger partial charge in [0.25, 0.3) is 20.0 Å². The molecule has 138 valence electrons. The van der Waals surface area contributed by atoms with Crippen molar-refractivity contribution in [3.05, 3.63) is 28.4 Å². The molecule has 0 bridgehead atoms. The summed E-state index contributed by atoms with van der Waals surface area (Å²) in [4.78, 5) is 3.91. The van der Waals surface area contributed by atoms with E-state index in [2.05, 4.69) is 20.9 Å². The van der Waals surface area contributed by atoms with Crippen molar-refractivity contribution in [2.24, 2.45) is 7.05 Å². The Kier molecular flexibility index (Phi) is 5.38. The highest BCUT2D eigenvalue weighted by molar-refractivity contribution is 9.11.